The van der Waals surface area contributed by atoms with Gasteiger partial charge in [-0.05, 0) is 52.0 Å². The topological polar surface area (TPSA) is 28.2 Å². The number of piperidine rings is 1. The predicted octanol–water partition coefficient (Wildman–Crippen LogP) is 2.98. The molecule has 0 bridgehead atoms. The van der Waals surface area contributed by atoms with Gasteiger partial charge < -0.3 is 5.32 Å². The van der Waals surface area contributed by atoms with Crippen molar-refractivity contribution < 1.29 is 0 Å². The number of aromatic nitrogens is 1. The molecule has 0 radical (unpaired) electrons. The van der Waals surface area contributed by atoms with E-state index in [9.17, 15) is 0 Å². The second-order valence-corrected chi connectivity index (χ2v) is 7.19. The van der Waals surface area contributed by atoms with Gasteiger partial charge in [-0.2, -0.15) is 0 Å². The molecule has 2 heterocycles. The van der Waals surface area contributed by atoms with Gasteiger partial charge in [0.2, 0.25) is 0 Å². The first-order valence-electron chi connectivity index (χ1n) is 7.62. The molecule has 0 aromatic carbocycles. The second kappa shape index (κ2) is 5.90. The monoisotopic (exact) mass is 279 g/mol. The van der Waals surface area contributed by atoms with Crippen LogP contribution in [0.3, 0.4) is 0 Å². The van der Waals surface area contributed by atoms with E-state index in [-0.39, 0.29) is 0 Å². The van der Waals surface area contributed by atoms with Crippen molar-refractivity contribution in [1.29, 1.82) is 0 Å². The lowest BCUT2D eigenvalue weighted by atomic mass is 10.0. The van der Waals surface area contributed by atoms with E-state index >= 15 is 0 Å². The van der Waals surface area contributed by atoms with Gasteiger partial charge in [0, 0.05) is 24.5 Å². The second-order valence-electron chi connectivity index (χ2n) is 6.13. The van der Waals surface area contributed by atoms with Gasteiger partial charge in [0.15, 0.2) is 0 Å². The first-order valence-corrected chi connectivity index (χ1v) is 8.50. The van der Waals surface area contributed by atoms with Crippen LogP contribution in [0, 0.1) is 12.8 Å². The SMILES string of the molecule is Cc1nc(C(C)N2CCC(NCC3CC3)CC2)cs1. The molecule has 2 fully saturated rings. The van der Waals surface area contributed by atoms with Crippen LogP contribution in [0.5, 0.6) is 0 Å². The zero-order valence-electron chi connectivity index (χ0n) is 12.1. The predicted molar refractivity (Wildman–Crippen MR) is 80.6 cm³/mol. The van der Waals surface area contributed by atoms with Gasteiger partial charge in [-0.3, -0.25) is 4.90 Å². The summed E-state index contributed by atoms with van der Waals surface area (Å²) in [6.07, 6.45) is 5.48. The number of nitrogens with zero attached hydrogens (tertiary/aromatic N) is 2. The molecule has 106 valence electrons. The summed E-state index contributed by atoms with van der Waals surface area (Å²) < 4.78 is 0. The lowest BCUT2D eigenvalue weighted by Crippen LogP contribution is -2.43. The largest absolute Gasteiger partial charge is 0.314 e. The minimum Gasteiger partial charge on any atom is -0.314 e. The summed E-state index contributed by atoms with van der Waals surface area (Å²) in [5.74, 6) is 0.995. The molecular formula is C15H25N3S. The van der Waals surface area contributed by atoms with Crippen LogP contribution in [0.25, 0.3) is 0 Å². The highest BCUT2D eigenvalue weighted by Crippen LogP contribution is 2.29. The first-order chi connectivity index (χ1) is 9.22. The third-order valence-corrected chi connectivity index (χ3v) is 5.33. The summed E-state index contributed by atoms with van der Waals surface area (Å²) >= 11 is 1.77. The molecule has 19 heavy (non-hydrogen) atoms. The van der Waals surface area contributed by atoms with E-state index in [1.807, 2.05) is 0 Å². The summed E-state index contributed by atoms with van der Waals surface area (Å²) in [4.78, 5) is 7.22. The van der Waals surface area contributed by atoms with E-state index in [2.05, 4.69) is 34.4 Å². The molecule has 1 N–H and O–H groups in total. The maximum Gasteiger partial charge on any atom is 0.0898 e. The Labute approximate surface area is 120 Å². The third-order valence-electron chi connectivity index (χ3n) is 4.53. The van der Waals surface area contributed by atoms with E-state index < -0.39 is 0 Å². The number of hydrogen-bond donors (Lipinski definition) is 1. The number of aryl methyl sites for hydroxylation is 1. The number of rotatable bonds is 5. The van der Waals surface area contributed by atoms with Gasteiger partial charge in [0.1, 0.15) is 0 Å². The molecule has 4 heteroatoms. The zero-order valence-corrected chi connectivity index (χ0v) is 12.9. The first kappa shape index (κ1) is 13.5. The molecule has 1 aliphatic heterocycles. The van der Waals surface area contributed by atoms with Crippen molar-refractivity contribution in [3.05, 3.63) is 16.1 Å². The van der Waals surface area contributed by atoms with Crippen molar-refractivity contribution in [2.24, 2.45) is 5.92 Å². The number of thiazole rings is 1. The van der Waals surface area contributed by atoms with Crippen LogP contribution in [0.4, 0.5) is 0 Å². The fourth-order valence-electron chi connectivity index (χ4n) is 2.91. The van der Waals surface area contributed by atoms with Crippen molar-refractivity contribution in [2.45, 2.75) is 51.6 Å². The minimum atomic E-state index is 0.481. The van der Waals surface area contributed by atoms with Gasteiger partial charge in [-0.25, -0.2) is 4.98 Å². The van der Waals surface area contributed by atoms with Crippen LogP contribution in [0.2, 0.25) is 0 Å². The zero-order chi connectivity index (χ0) is 13.2. The van der Waals surface area contributed by atoms with Gasteiger partial charge in [-0.1, -0.05) is 0 Å². The fourth-order valence-corrected chi connectivity index (χ4v) is 3.60. The normalized spacial score (nSPS) is 23.7. The standard InChI is InChI=1S/C15H25N3S/c1-11(15-10-19-12(2)17-15)18-7-5-14(6-8-18)16-9-13-3-4-13/h10-11,13-14,16H,3-9H2,1-2H3. The highest BCUT2D eigenvalue weighted by molar-refractivity contribution is 7.09. The Hall–Kier alpha value is -0.450. The highest BCUT2D eigenvalue weighted by atomic mass is 32.1. The summed E-state index contributed by atoms with van der Waals surface area (Å²) in [7, 11) is 0. The average Bonchev–Trinajstić information content (AvgIpc) is 3.17. The van der Waals surface area contributed by atoms with Crippen molar-refractivity contribution in [3.8, 4) is 0 Å². The van der Waals surface area contributed by atoms with Crippen LogP contribution in [-0.2, 0) is 0 Å². The Morgan fingerprint density at radius 2 is 2.11 bits per heavy atom. The van der Waals surface area contributed by atoms with Crippen molar-refractivity contribution in [2.75, 3.05) is 19.6 Å². The summed E-state index contributed by atoms with van der Waals surface area (Å²) in [5, 5.41) is 7.15. The molecule has 1 atom stereocenters. The quantitative estimate of drug-likeness (QED) is 0.898. The van der Waals surface area contributed by atoms with Crippen LogP contribution in [0.1, 0.15) is 49.4 Å². The molecule has 0 amide bonds. The van der Waals surface area contributed by atoms with Crippen LogP contribution in [0.15, 0.2) is 5.38 Å². The molecule has 0 spiro atoms. The minimum absolute atomic E-state index is 0.481. The van der Waals surface area contributed by atoms with Gasteiger partial charge in [0.25, 0.3) is 0 Å². The lowest BCUT2D eigenvalue weighted by Gasteiger charge is -2.35. The van der Waals surface area contributed by atoms with Crippen LogP contribution < -0.4 is 5.32 Å². The maximum absolute atomic E-state index is 4.63. The van der Waals surface area contributed by atoms with Crippen LogP contribution >= 0.6 is 11.3 Å². The van der Waals surface area contributed by atoms with E-state index in [0.29, 0.717) is 6.04 Å². The molecule has 1 unspecified atom stereocenters. The Bertz CT molecular complexity index is 405. The smallest absolute Gasteiger partial charge is 0.0898 e. The van der Waals surface area contributed by atoms with E-state index in [1.54, 1.807) is 11.3 Å². The molecule has 1 aromatic heterocycles. The average molecular weight is 279 g/mol. The Morgan fingerprint density at radius 1 is 1.37 bits per heavy atom. The third kappa shape index (κ3) is 3.56. The van der Waals surface area contributed by atoms with E-state index in [1.165, 1.54) is 56.0 Å². The van der Waals surface area contributed by atoms with Crippen molar-refractivity contribution >= 4 is 11.3 Å². The molecule has 1 aromatic rings. The Balaban J connectivity index is 1.46. The number of nitrogens with one attached hydrogen (secondary N) is 1. The van der Waals surface area contributed by atoms with Gasteiger partial charge in [-0.15, -0.1) is 11.3 Å². The van der Waals surface area contributed by atoms with Gasteiger partial charge >= 0.3 is 0 Å². The maximum atomic E-state index is 4.63. The number of hydrogen-bond acceptors (Lipinski definition) is 4. The molecule has 1 saturated heterocycles. The Morgan fingerprint density at radius 3 is 2.68 bits per heavy atom. The molecular weight excluding hydrogens is 254 g/mol. The number of likely N-dealkylation sites (tertiary alicyclic amines) is 1. The van der Waals surface area contributed by atoms with Crippen LogP contribution in [-0.4, -0.2) is 35.6 Å². The summed E-state index contributed by atoms with van der Waals surface area (Å²) in [6, 6.07) is 1.23. The van der Waals surface area contributed by atoms with Gasteiger partial charge in [0.05, 0.1) is 16.7 Å². The highest BCUT2D eigenvalue weighted by Gasteiger charge is 2.26. The lowest BCUT2D eigenvalue weighted by molar-refractivity contribution is 0.150. The van der Waals surface area contributed by atoms with E-state index in [4.69, 9.17) is 0 Å². The molecule has 3 rings (SSSR count). The summed E-state index contributed by atoms with van der Waals surface area (Å²) in [6.45, 7) is 8.06. The fraction of sp³-hybridized carbons (Fsp3) is 0.800. The summed E-state index contributed by atoms with van der Waals surface area (Å²) in [5.41, 5.74) is 1.26. The van der Waals surface area contributed by atoms with Crippen molar-refractivity contribution in [1.82, 2.24) is 15.2 Å². The molecule has 1 saturated carbocycles. The molecule has 2 aliphatic rings. The van der Waals surface area contributed by atoms with E-state index in [0.717, 1.165) is 12.0 Å². The molecule has 3 nitrogen and oxygen atoms in total. The Kier molecular flexibility index (Phi) is 4.20. The molecule has 1 aliphatic carbocycles. The van der Waals surface area contributed by atoms with Crippen molar-refractivity contribution in [3.63, 3.8) is 0 Å².